The van der Waals surface area contributed by atoms with Crippen molar-refractivity contribution in [2.24, 2.45) is 5.92 Å². The average Bonchev–Trinajstić information content (AvgIpc) is 2.17. The lowest BCUT2D eigenvalue weighted by Gasteiger charge is -2.33. The fourth-order valence-corrected chi connectivity index (χ4v) is 2.11. The topological polar surface area (TPSA) is 18.5 Å². The van der Waals surface area contributed by atoms with Gasteiger partial charge in [-0.2, -0.15) is 0 Å². The summed E-state index contributed by atoms with van der Waals surface area (Å²) in [5.74, 6) is 0.680. The second kappa shape index (κ2) is 8.08. The van der Waals surface area contributed by atoms with Gasteiger partial charge in [-0.05, 0) is 39.5 Å². The van der Waals surface area contributed by atoms with Crippen molar-refractivity contribution in [1.82, 2.24) is 0 Å². The van der Waals surface area contributed by atoms with Crippen LogP contribution in [0.2, 0.25) is 0 Å². The second-order valence-corrected chi connectivity index (χ2v) is 5.15. The molecule has 0 bridgehead atoms. The van der Waals surface area contributed by atoms with Crippen molar-refractivity contribution in [3.8, 4) is 0 Å². The molecule has 0 aromatic rings. The largest absolute Gasteiger partial charge is 0.378 e. The Bertz CT molecular complexity index is 168. The molecular weight excluding hydrogens is 200 g/mol. The molecule has 0 spiro atoms. The van der Waals surface area contributed by atoms with Crippen molar-refractivity contribution in [3.63, 3.8) is 0 Å². The van der Waals surface area contributed by atoms with Gasteiger partial charge in [0.25, 0.3) is 0 Å². The molecule has 0 rings (SSSR count). The summed E-state index contributed by atoms with van der Waals surface area (Å²) in [5.41, 5.74) is -0.0243. The number of rotatable bonds is 9. The van der Waals surface area contributed by atoms with Crippen LogP contribution in [-0.4, -0.2) is 24.9 Å². The molecule has 0 saturated heterocycles. The van der Waals surface area contributed by atoms with Crippen molar-refractivity contribution < 1.29 is 9.47 Å². The third kappa shape index (κ3) is 6.49. The maximum atomic E-state index is 5.86. The minimum absolute atomic E-state index is 0.0243. The van der Waals surface area contributed by atoms with E-state index in [1.165, 1.54) is 0 Å². The van der Waals surface area contributed by atoms with Crippen LogP contribution in [0.5, 0.6) is 0 Å². The summed E-state index contributed by atoms with van der Waals surface area (Å²) in [6.45, 7) is 14.6. The molecule has 0 aliphatic carbocycles. The van der Waals surface area contributed by atoms with E-state index in [9.17, 15) is 0 Å². The first-order valence-electron chi connectivity index (χ1n) is 6.73. The second-order valence-electron chi connectivity index (χ2n) is 5.15. The maximum absolute atomic E-state index is 5.86. The zero-order valence-corrected chi connectivity index (χ0v) is 12.0. The van der Waals surface area contributed by atoms with Crippen LogP contribution in [0.15, 0.2) is 0 Å². The molecule has 0 amide bonds. The molecule has 98 valence electrons. The third-order valence-corrected chi connectivity index (χ3v) is 3.04. The van der Waals surface area contributed by atoms with E-state index in [1.807, 2.05) is 0 Å². The molecule has 0 saturated carbocycles. The van der Waals surface area contributed by atoms with Gasteiger partial charge in [-0.25, -0.2) is 0 Å². The highest BCUT2D eigenvalue weighted by molar-refractivity contribution is 4.78. The maximum Gasteiger partial charge on any atom is 0.0676 e. The molecule has 0 aromatic heterocycles. The Morgan fingerprint density at radius 3 is 2.06 bits per heavy atom. The van der Waals surface area contributed by atoms with Gasteiger partial charge in [0.2, 0.25) is 0 Å². The third-order valence-electron chi connectivity index (χ3n) is 3.04. The van der Waals surface area contributed by atoms with Crippen molar-refractivity contribution in [1.29, 1.82) is 0 Å². The molecule has 2 unspecified atom stereocenters. The molecule has 2 atom stereocenters. The van der Waals surface area contributed by atoms with Crippen LogP contribution >= 0.6 is 0 Å². The highest BCUT2D eigenvalue weighted by atomic mass is 16.5. The lowest BCUT2D eigenvalue weighted by Crippen LogP contribution is -2.34. The number of hydrogen-bond donors (Lipinski definition) is 0. The van der Waals surface area contributed by atoms with Crippen molar-refractivity contribution >= 4 is 0 Å². The summed E-state index contributed by atoms with van der Waals surface area (Å²) in [7, 11) is 0. The van der Waals surface area contributed by atoms with Crippen molar-refractivity contribution in [3.05, 3.63) is 0 Å². The van der Waals surface area contributed by atoms with Crippen LogP contribution < -0.4 is 0 Å². The zero-order valence-electron chi connectivity index (χ0n) is 12.0. The van der Waals surface area contributed by atoms with Crippen LogP contribution in [-0.2, 0) is 9.47 Å². The number of ether oxygens (including phenoxy) is 2. The van der Waals surface area contributed by atoms with E-state index >= 15 is 0 Å². The summed E-state index contributed by atoms with van der Waals surface area (Å²) < 4.78 is 11.7. The Labute approximate surface area is 102 Å². The lowest BCUT2D eigenvalue weighted by atomic mass is 9.91. The number of hydrogen-bond acceptors (Lipinski definition) is 2. The van der Waals surface area contributed by atoms with Gasteiger partial charge in [0.15, 0.2) is 0 Å². The fraction of sp³-hybridized carbons (Fsp3) is 1.00. The average molecular weight is 230 g/mol. The van der Waals surface area contributed by atoms with E-state index in [1.54, 1.807) is 0 Å². The fourth-order valence-electron chi connectivity index (χ4n) is 2.11. The van der Waals surface area contributed by atoms with E-state index in [4.69, 9.17) is 9.47 Å². The monoisotopic (exact) mass is 230 g/mol. The van der Waals surface area contributed by atoms with E-state index in [0.717, 1.165) is 32.5 Å². The summed E-state index contributed by atoms with van der Waals surface area (Å²) in [6, 6.07) is 0. The van der Waals surface area contributed by atoms with Crippen LogP contribution in [0, 0.1) is 5.92 Å². The van der Waals surface area contributed by atoms with E-state index < -0.39 is 0 Å². The van der Waals surface area contributed by atoms with Crippen LogP contribution in [0.1, 0.15) is 60.8 Å². The van der Waals surface area contributed by atoms with Gasteiger partial charge in [-0.3, -0.25) is 0 Å². The quantitative estimate of drug-likeness (QED) is 0.595. The molecule has 0 aliphatic heterocycles. The predicted molar refractivity (Wildman–Crippen MR) is 69.8 cm³/mol. The summed E-state index contributed by atoms with van der Waals surface area (Å²) in [6.07, 6.45) is 3.50. The van der Waals surface area contributed by atoms with Crippen molar-refractivity contribution in [2.45, 2.75) is 72.5 Å². The first-order valence-corrected chi connectivity index (χ1v) is 6.73. The molecule has 16 heavy (non-hydrogen) atoms. The highest BCUT2D eigenvalue weighted by Gasteiger charge is 2.27. The van der Waals surface area contributed by atoms with Crippen LogP contribution in [0.25, 0.3) is 0 Å². The van der Waals surface area contributed by atoms with Gasteiger partial charge < -0.3 is 9.47 Å². The Morgan fingerprint density at radius 1 is 1.06 bits per heavy atom. The summed E-state index contributed by atoms with van der Waals surface area (Å²) in [5, 5.41) is 0. The molecule has 0 fully saturated rings. The molecule has 2 heteroatoms. The van der Waals surface area contributed by atoms with Gasteiger partial charge >= 0.3 is 0 Å². The summed E-state index contributed by atoms with van der Waals surface area (Å²) >= 11 is 0. The van der Waals surface area contributed by atoms with Gasteiger partial charge in [0.05, 0.1) is 11.7 Å². The van der Waals surface area contributed by atoms with Crippen LogP contribution in [0.3, 0.4) is 0 Å². The normalized spacial score (nSPS) is 17.4. The van der Waals surface area contributed by atoms with Crippen molar-refractivity contribution in [2.75, 3.05) is 13.2 Å². The Morgan fingerprint density at radius 2 is 1.69 bits per heavy atom. The zero-order chi connectivity index (χ0) is 12.6. The molecule has 0 aromatic carbocycles. The molecule has 0 heterocycles. The first-order chi connectivity index (χ1) is 7.47. The Hall–Kier alpha value is -0.0800. The predicted octanol–water partition coefficient (Wildman–Crippen LogP) is 4.03. The van der Waals surface area contributed by atoms with Gasteiger partial charge in [-0.15, -0.1) is 0 Å². The molecule has 0 aliphatic rings. The van der Waals surface area contributed by atoms with Gasteiger partial charge in [0, 0.05) is 19.6 Å². The molecular formula is C14H30O2. The van der Waals surface area contributed by atoms with Crippen LogP contribution in [0.4, 0.5) is 0 Å². The SMILES string of the molecule is CCOC(CC(C)C)CC(C)(CC)OCC. The van der Waals surface area contributed by atoms with Gasteiger partial charge in [-0.1, -0.05) is 20.8 Å². The van der Waals surface area contributed by atoms with E-state index in [2.05, 4.69) is 41.5 Å². The smallest absolute Gasteiger partial charge is 0.0676 e. The Kier molecular flexibility index (Phi) is 8.04. The molecule has 0 N–H and O–H groups in total. The lowest BCUT2D eigenvalue weighted by molar-refractivity contribution is -0.0766. The Balaban J connectivity index is 4.32. The van der Waals surface area contributed by atoms with Gasteiger partial charge in [0.1, 0.15) is 0 Å². The van der Waals surface area contributed by atoms with E-state index in [-0.39, 0.29) is 5.60 Å². The molecule has 0 radical (unpaired) electrons. The minimum atomic E-state index is -0.0243. The highest BCUT2D eigenvalue weighted by Crippen LogP contribution is 2.26. The van der Waals surface area contributed by atoms with E-state index in [0.29, 0.717) is 12.0 Å². The first kappa shape index (κ1) is 15.9. The molecule has 2 nitrogen and oxygen atoms in total. The standard InChI is InChI=1S/C14H30O2/c1-7-14(6,16-9-3)11-13(15-8-2)10-12(4)5/h12-13H,7-11H2,1-6H3. The summed E-state index contributed by atoms with van der Waals surface area (Å²) in [4.78, 5) is 0. The minimum Gasteiger partial charge on any atom is -0.378 e.